The zero-order valence-electron chi connectivity index (χ0n) is 11.2. The quantitative estimate of drug-likeness (QED) is 0.765. The van der Waals surface area contributed by atoms with Crippen molar-refractivity contribution in [2.24, 2.45) is 11.8 Å². The molecule has 19 heavy (non-hydrogen) atoms. The largest absolute Gasteiger partial charge is 0.417 e. The first kappa shape index (κ1) is 14.4. The number of nitrogens with zero attached hydrogens (tertiary/aromatic N) is 1. The molecule has 4 heteroatoms. The van der Waals surface area contributed by atoms with Crippen molar-refractivity contribution in [2.45, 2.75) is 51.6 Å². The monoisotopic (exact) mass is 271 g/mol. The lowest BCUT2D eigenvalue weighted by atomic mass is 9.81. The van der Waals surface area contributed by atoms with Crippen LogP contribution in [0.15, 0.2) is 18.3 Å². The van der Waals surface area contributed by atoms with Gasteiger partial charge in [-0.3, -0.25) is 4.98 Å². The molecule has 0 amide bonds. The van der Waals surface area contributed by atoms with Gasteiger partial charge in [0.2, 0.25) is 0 Å². The van der Waals surface area contributed by atoms with Gasteiger partial charge in [0.15, 0.2) is 0 Å². The van der Waals surface area contributed by atoms with Gasteiger partial charge in [-0.05, 0) is 36.8 Å². The second-order valence-corrected chi connectivity index (χ2v) is 5.70. The number of halogens is 3. The molecule has 1 fully saturated rings. The third-order valence-corrected chi connectivity index (χ3v) is 4.10. The average molecular weight is 271 g/mol. The molecule has 1 saturated carbocycles. The molecule has 106 valence electrons. The van der Waals surface area contributed by atoms with Gasteiger partial charge in [0.05, 0.1) is 5.56 Å². The van der Waals surface area contributed by atoms with Crippen molar-refractivity contribution in [3.05, 3.63) is 29.6 Å². The van der Waals surface area contributed by atoms with E-state index in [1.165, 1.54) is 31.7 Å². The lowest BCUT2D eigenvalue weighted by molar-refractivity contribution is -0.137. The third kappa shape index (κ3) is 4.22. The van der Waals surface area contributed by atoms with Crippen molar-refractivity contribution < 1.29 is 13.2 Å². The van der Waals surface area contributed by atoms with Crippen LogP contribution >= 0.6 is 0 Å². The zero-order valence-corrected chi connectivity index (χ0v) is 11.2. The van der Waals surface area contributed by atoms with Crippen LogP contribution in [0.1, 0.15) is 50.3 Å². The predicted molar refractivity (Wildman–Crippen MR) is 68.7 cm³/mol. The van der Waals surface area contributed by atoms with E-state index in [1.54, 1.807) is 0 Å². The molecule has 1 aromatic heterocycles. The Labute approximate surface area is 112 Å². The van der Waals surface area contributed by atoms with E-state index in [0.717, 1.165) is 42.6 Å². The van der Waals surface area contributed by atoms with E-state index in [4.69, 9.17) is 0 Å². The molecule has 0 bridgehead atoms. The standard InChI is InChI=1S/C15H20F3N/c1-11-2-4-12(5-3-11)6-8-14-9-7-13(10-19-14)15(16,17)18/h7,9-12H,2-6,8H2,1H3. The molecule has 1 heterocycles. The highest BCUT2D eigenvalue weighted by atomic mass is 19.4. The van der Waals surface area contributed by atoms with E-state index < -0.39 is 11.7 Å². The van der Waals surface area contributed by atoms with Crippen LogP contribution in [0, 0.1) is 11.8 Å². The minimum atomic E-state index is -4.29. The first-order valence-corrected chi connectivity index (χ1v) is 6.97. The Balaban J connectivity index is 1.83. The number of hydrogen-bond acceptors (Lipinski definition) is 1. The molecule has 0 aliphatic heterocycles. The summed E-state index contributed by atoms with van der Waals surface area (Å²) in [7, 11) is 0. The van der Waals surface area contributed by atoms with Gasteiger partial charge in [-0.2, -0.15) is 13.2 Å². The Morgan fingerprint density at radius 2 is 1.84 bits per heavy atom. The lowest BCUT2D eigenvalue weighted by Gasteiger charge is -2.25. The molecule has 0 saturated heterocycles. The highest BCUT2D eigenvalue weighted by molar-refractivity contribution is 5.17. The first-order valence-electron chi connectivity index (χ1n) is 6.97. The minimum absolute atomic E-state index is 0.664. The topological polar surface area (TPSA) is 12.9 Å². The van der Waals surface area contributed by atoms with Crippen molar-refractivity contribution in [1.82, 2.24) is 4.98 Å². The van der Waals surface area contributed by atoms with Crippen LogP contribution in [-0.2, 0) is 12.6 Å². The Kier molecular flexibility index (Phi) is 4.48. The number of alkyl halides is 3. The molecule has 0 spiro atoms. The van der Waals surface area contributed by atoms with Gasteiger partial charge < -0.3 is 0 Å². The van der Waals surface area contributed by atoms with Gasteiger partial charge in [0.1, 0.15) is 0 Å². The van der Waals surface area contributed by atoms with Crippen LogP contribution < -0.4 is 0 Å². The van der Waals surface area contributed by atoms with Crippen molar-refractivity contribution in [1.29, 1.82) is 0 Å². The van der Waals surface area contributed by atoms with E-state index in [2.05, 4.69) is 11.9 Å². The van der Waals surface area contributed by atoms with Crippen molar-refractivity contribution >= 4 is 0 Å². The summed E-state index contributed by atoms with van der Waals surface area (Å²) in [6.07, 6.45) is 3.56. The molecule has 0 aromatic carbocycles. The van der Waals surface area contributed by atoms with Gasteiger partial charge in [-0.15, -0.1) is 0 Å². The average Bonchev–Trinajstić information content (AvgIpc) is 2.37. The molecular weight excluding hydrogens is 251 g/mol. The second-order valence-electron chi connectivity index (χ2n) is 5.70. The molecule has 0 atom stereocenters. The molecule has 1 aliphatic carbocycles. The lowest BCUT2D eigenvalue weighted by Crippen LogP contribution is -2.13. The summed E-state index contributed by atoms with van der Waals surface area (Å²) < 4.78 is 37.2. The Bertz CT molecular complexity index is 389. The summed E-state index contributed by atoms with van der Waals surface area (Å²) in [6.45, 7) is 2.29. The highest BCUT2D eigenvalue weighted by Gasteiger charge is 2.30. The summed E-state index contributed by atoms with van der Waals surface area (Å²) in [4.78, 5) is 3.92. The number of pyridine rings is 1. The normalized spacial score (nSPS) is 24.4. The molecular formula is C15H20F3N. The fourth-order valence-electron chi connectivity index (χ4n) is 2.71. The molecule has 0 N–H and O–H groups in total. The van der Waals surface area contributed by atoms with Crippen molar-refractivity contribution in [3.8, 4) is 0 Å². The van der Waals surface area contributed by atoms with Gasteiger partial charge >= 0.3 is 6.18 Å². The zero-order chi connectivity index (χ0) is 13.9. The molecule has 1 aliphatic rings. The second kappa shape index (κ2) is 5.93. The highest BCUT2D eigenvalue weighted by Crippen LogP contribution is 2.31. The maximum absolute atomic E-state index is 12.4. The smallest absolute Gasteiger partial charge is 0.261 e. The summed E-state index contributed by atoms with van der Waals surface area (Å²) >= 11 is 0. The van der Waals surface area contributed by atoms with Gasteiger partial charge in [-0.25, -0.2) is 0 Å². The molecule has 0 unspecified atom stereocenters. The number of aryl methyl sites for hydroxylation is 1. The Hall–Kier alpha value is -1.06. The maximum Gasteiger partial charge on any atom is 0.417 e. The summed E-state index contributed by atoms with van der Waals surface area (Å²) in [5.74, 6) is 1.56. The summed E-state index contributed by atoms with van der Waals surface area (Å²) in [6, 6.07) is 2.64. The van der Waals surface area contributed by atoms with E-state index in [1.807, 2.05) is 0 Å². The number of rotatable bonds is 3. The van der Waals surface area contributed by atoms with Crippen LogP contribution in [-0.4, -0.2) is 4.98 Å². The SMILES string of the molecule is CC1CCC(CCc2ccc(C(F)(F)F)cn2)CC1. The Morgan fingerprint density at radius 3 is 2.37 bits per heavy atom. The van der Waals surface area contributed by atoms with Gasteiger partial charge in [-0.1, -0.05) is 32.6 Å². The van der Waals surface area contributed by atoms with E-state index in [0.29, 0.717) is 0 Å². The first-order chi connectivity index (χ1) is 8.95. The van der Waals surface area contributed by atoms with Crippen LogP contribution in [0.25, 0.3) is 0 Å². The summed E-state index contributed by atoms with van der Waals surface area (Å²) in [5.41, 5.74) is 0.106. The van der Waals surface area contributed by atoms with Crippen LogP contribution in [0.5, 0.6) is 0 Å². The third-order valence-electron chi connectivity index (χ3n) is 4.10. The predicted octanol–water partition coefficient (Wildman–Crippen LogP) is 4.86. The van der Waals surface area contributed by atoms with Crippen LogP contribution in [0.4, 0.5) is 13.2 Å². The number of hydrogen-bond donors (Lipinski definition) is 0. The molecule has 0 radical (unpaired) electrons. The fourth-order valence-corrected chi connectivity index (χ4v) is 2.71. The van der Waals surface area contributed by atoms with E-state index in [9.17, 15) is 13.2 Å². The Morgan fingerprint density at radius 1 is 1.16 bits per heavy atom. The fraction of sp³-hybridized carbons (Fsp3) is 0.667. The minimum Gasteiger partial charge on any atom is -0.261 e. The molecule has 1 nitrogen and oxygen atoms in total. The number of aromatic nitrogens is 1. The van der Waals surface area contributed by atoms with Crippen molar-refractivity contribution in [2.75, 3.05) is 0 Å². The van der Waals surface area contributed by atoms with Gasteiger partial charge in [0.25, 0.3) is 0 Å². The van der Waals surface area contributed by atoms with E-state index in [-0.39, 0.29) is 0 Å². The van der Waals surface area contributed by atoms with Gasteiger partial charge in [0, 0.05) is 11.9 Å². The van der Waals surface area contributed by atoms with Crippen LogP contribution in [0.3, 0.4) is 0 Å². The van der Waals surface area contributed by atoms with Crippen molar-refractivity contribution in [3.63, 3.8) is 0 Å². The maximum atomic E-state index is 12.4. The molecule has 1 aromatic rings. The van der Waals surface area contributed by atoms with Crippen LogP contribution in [0.2, 0.25) is 0 Å². The molecule has 2 rings (SSSR count). The van der Waals surface area contributed by atoms with E-state index >= 15 is 0 Å². The summed E-state index contributed by atoms with van der Waals surface area (Å²) in [5, 5.41) is 0.